The van der Waals surface area contributed by atoms with Gasteiger partial charge in [0.05, 0.1) is 6.26 Å². The largest absolute Gasteiger partial charge is 0.469 e. The SMILES string of the molecule is CCOCCCCN=C(NCCSC)NCCc1ccco1. The Morgan fingerprint density at radius 1 is 1.32 bits per heavy atom. The van der Waals surface area contributed by atoms with Gasteiger partial charge in [0, 0.05) is 45.0 Å². The molecule has 6 heteroatoms. The molecule has 0 radical (unpaired) electrons. The lowest BCUT2D eigenvalue weighted by Gasteiger charge is -2.12. The molecule has 1 heterocycles. The first-order valence-corrected chi connectivity index (χ1v) is 9.37. The second-order valence-corrected chi connectivity index (χ2v) is 5.80. The lowest BCUT2D eigenvalue weighted by Crippen LogP contribution is -2.39. The fourth-order valence-electron chi connectivity index (χ4n) is 1.86. The van der Waals surface area contributed by atoms with Gasteiger partial charge < -0.3 is 19.8 Å². The Kier molecular flexibility index (Phi) is 11.6. The van der Waals surface area contributed by atoms with E-state index in [2.05, 4.69) is 21.9 Å². The van der Waals surface area contributed by atoms with Gasteiger partial charge in [-0.25, -0.2) is 0 Å². The highest BCUT2D eigenvalue weighted by Crippen LogP contribution is 1.99. The predicted octanol–water partition coefficient (Wildman–Crippen LogP) is 2.54. The molecule has 0 spiro atoms. The van der Waals surface area contributed by atoms with Crippen LogP contribution in [0.1, 0.15) is 25.5 Å². The van der Waals surface area contributed by atoms with Gasteiger partial charge in [0.25, 0.3) is 0 Å². The number of hydrogen-bond donors (Lipinski definition) is 2. The third-order valence-electron chi connectivity index (χ3n) is 3.01. The van der Waals surface area contributed by atoms with Gasteiger partial charge >= 0.3 is 0 Å². The number of furan rings is 1. The monoisotopic (exact) mass is 327 g/mol. The summed E-state index contributed by atoms with van der Waals surface area (Å²) in [6.07, 6.45) is 6.78. The van der Waals surface area contributed by atoms with Crippen molar-refractivity contribution in [2.75, 3.05) is 44.9 Å². The molecule has 126 valence electrons. The van der Waals surface area contributed by atoms with Crippen LogP contribution in [0.3, 0.4) is 0 Å². The minimum Gasteiger partial charge on any atom is -0.469 e. The molecule has 0 saturated carbocycles. The summed E-state index contributed by atoms with van der Waals surface area (Å²) in [5.74, 6) is 2.95. The fourth-order valence-corrected chi connectivity index (χ4v) is 2.16. The third kappa shape index (κ3) is 9.73. The number of nitrogens with zero attached hydrogens (tertiary/aromatic N) is 1. The van der Waals surface area contributed by atoms with E-state index in [9.17, 15) is 0 Å². The smallest absolute Gasteiger partial charge is 0.191 e. The first kappa shape index (κ1) is 18.9. The molecule has 0 aliphatic heterocycles. The van der Waals surface area contributed by atoms with Crippen LogP contribution in [0.15, 0.2) is 27.8 Å². The zero-order chi connectivity index (χ0) is 15.9. The molecule has 0 aromatic carbocycles. The zero-order valence-electron chi connectivity index (χ0n) is 13.8. The molecule has 0 unspecified atom stereocenters. The summed E-state index contributed by atoms with van der Waals surface area (Å²) in [4.78, 5) is 4.61. The summed E-state index contributed by atoms with van der Waals surface area (Å²) in [6, 6.07) is 3.91. The first-order valence-electron chi connectivity index (χ1n) is 7.98. The average molecular weight is 327 g/mol. The van der Waals surface area contributed by atoms with Crippen molar-refractivity contribution in [3.8, 4) is 0 Å². The van der Waals surface area contributed by atoms with Crippen LogP contribution in [-0.4, -0.2) is 50.8 Å². The maximum Gasteiger partial charge on any atom is 0.191 e. The van der Waals surface area contributed by atoms with Crippen molar-refractivity contribution >= 4 is 17.7 Å². The van der Waals surface area contributed by atoms with Crippen molar-refractivity contribution in [3.05, 3.63) is 24.2 Å². The summed E-state index contributed by atoms with van der Waals surface area (Å²) in [5, 5.41) is 6.72. The number of guanidine groups is 1. The van der Waals surface area contributed by atoms with Crippen molar-refractivity contribution in [1.82, 2.24) is 10.6 Å². The van der Waals surface area contributed by atoms with Crippen LogP contribution >= 0.6 is 11.8 Å². The Labute approximate surface area is 138 Å². The van der Waals surface area contributed by atoms with E-state index >= 15 is 0 Å². The first-order chi connectivity index (χ1) is 10.9. The van der Waals surface area contributed by atoms with Gasteiger partial charge in [0.1, 0.15) is 5.76 Å². The lowest BCUT2D eigenvalue weighted by molar-refractivity contribution is 0.144. The average Bonchev–Trinajstić information content (AvgIpc) is 3.03. The molecule has 0 aliphatic carbocycles. The number of ether oxygens (including phenoxy) is 1. The standard InChI is InChI=1S/C16H29N3O2S/c1-3-20-12-5-4-9-17-16(19-11-14-22-2)18-10-8-15-7-6-13-21-15/h6-7,13H,3-5,8-12,14H2,1-2H3,(H2,17,18,19). The summed E-state index contributed by atoms with van der Waals surface area (Å²) in [7, 11) is 0. The van der Waals surface area contributed by atoms with Crippen molar-refractivity contribution < 1.29 is 9.15 Å². The van der Waals surface area contributed by atoms with Crippen molar-refractivity contribution in [3.63, 3.8) is 0 Å². The number of nitrogens with one attached hydrogen (secondary N) is 2. The normalized spacial score (nSPS) is 11.6. The highest BCUT2D eigenvalue weighted by molar-refractivity contribution is 7.98. The van der Waals surface area contributed by atoms with Crippen LogP contribution in [0.2, 0.25) is 0 Å². The van der Waals surface area contributed by atoms with E-state index in [0.717, 1.165) is 69.6 Å². The second kappa shape index (κ2) is 13.5. The number of aliphatic imine (C=N–C) groups is 1. The van der Waals surface area contributed by atoms with Crippen LogP contribution in [0.4, 0.5) is 0 Å². The summed E-state index contributed by atoms with van der Waals surface area (Å²) in [5.41, 5.74) is 0. The van der Waals surface area contributed by atoms with Gasteiger partial charge in [-0.15, -0.1) is 0 Å². The van der Waals surface area contributed by atoms with Gasteiger partial charge in [0.2, 0.25) is 0 Å². The highest BCUT2D eigenvalue weighted by atomic mass is 32.2. The Balaban J connectivity index is 2.24. The second-order valence-electron chi connectivity index (χ2n) is 4.81. The van der Waals surface area contributed by atoms with E-state index in [1.165, 1.54) is 0 Å². The van der Waals surface area contributed by atoms with Crippen molar-refractivity contribution in [1.29, 1.82) is 0 Å². The van der Waals surface area contributed by atoms with Gasteiger partial charge in [-0.1, -0.05) is 0 Å². The summed E-state index contributed by atoms with van der Waals surface area (Å²) < 4.78 is 10.7. The molecule has 0 saturated heterocycles. The maximum absolute atomic E-state index is 5.33. The lowest BCUT2D eigenvalue weighted by atomic mass is 10.3. The Morgan fingerprint density at radius 2 is 2.18 bits per heavy atom. The Bertz CT molecular complexity index is 383. The molecule has 2 N–H and O–H groups in total. The number of thioether (sulfide) groups is 1. The van der Waals surface area contributed by atoms with E-state index in [0.29, 0.717) is 0 Å². The van der Waals surface area contributed by atoms with E-state index in [-0.39, 0.29) is 0 Å². The van der Waals surface area contributed by atoms with Gasteiger partial charge in [0.15, 0.2) is 5.96 Å². The summed E-state index contributed by atoms with van der Waals surface area (Å²) >= 11 is 1.83. The number of unbranched alkanes of at least 4 members (excludes halogenated alkanes) is 1. The van der Waals surface area contributed by atoms with Gasteiger partial charge in [-0.3, -0.25) is 4.99 Å². The minimum atomic E-state index is 0.791. The van der Waals surface area contributed by atoms with Crippen molar-refractivity contribution in [2.24, 2.45) is 4.99 Å². The van der Waals surface area contributed by atoms with Crippen LogP contribution in [0, 0.1) is 0 Å². The van der Waals surface area contributed by atoms with Crippen LogP contribution in [0.5, 0.6) is 0 Å². The van der Waals surface area contributed by atoms with Gasteiger partial charge in [-0.05, 0) is 38.2 Å². The molecular weight excluding hydrogens is 298 g/mol. The molecule has 1 aromatic heterocycles. The molecule has 0 amide bonds. The topological polar surface area (TPSA) is 58.8 Å². The maximum atomic E-state index is 5.33. The molecular formula is C16H29N3O2S. The Morgan fingerprint density at radius 3 is 2.91 bits per heavy atom. The van der Waals surface area contributed by atoms with Crippen LogP contribution in [-0.2, 0) is 11.2 Å². The highest BCUT2D eigenvalue weighted by Gasteiger charge is 2.00. The van der Waals surface area contributed by atoms with Crippen LogP contribution < -0.4 is 10.6 Å². The van der Waals surface area contributed by atoms with Crippen molar-refractivity contribution in [2.45, 2.75) is 26.2 Å². The molecule has 1 rings (SSSR count). The fraction of sp³-hybridized carbons (Fsp3) is 0.688. The summed E-state index contributed by atoms with van der Waals surface area (Å²) in [6.45, 7) is 6.20. The van der Waals surface area contributed by atoms with E-state index < -0.39 is 0 Å². The van der Waals surface area contributed by atoms with E-state index in [1.54, 1.807) is 6.26 Å². The molecule has 0 aliphatic rings. The Hall–Kier alpha value is -1.14. The third-order valence-corrected chi connectivity index (χ3v) is 3.63. The quantitative estimate of drug-likeness (QED) is 0.351. The molecule has 0 fully saturated rings. The predicted molar refractivity (Wildman–Crippen MR) is 94.8 cm³/mol. The zero-order valence-corrected chi connectivity index (χ0v) is 14.6. The number of hydrogen-bond acceptors (Lipinski definition) is 4. The molecule has 0 bridgehead atoms. The molecule has 1 aromatic rings. The van der Waals surface area contributed by atoms with E-state index in [1.807, 2.05) is 30.8 Å². The van der Waals surface area contributed by atoms with E-state index in [4.69, 9.17) is 9.15 Å². The number of rotatable bonds is 12. The molecule has 22 heavy (non-hydrogen) atoms. The molecule has 5 nitrogen and oxygen atoms in total. The van der Waals surface area contributed by atoms with Gasteiger partial charge in [-0.2, -0.15) is 11.8 Å². The molecule has 0 atom stereocenters. The minimum absolute atomic E-state index is 0.791. The van der Waals surface area contributed by atoms with Crippen LogP contribution in [0.25, 0.3) is 0 Å².